The summed E-state index contributed by atoms with van der Waals surface area (Å²) in [5.41, 5.74) is 2.35. The van der Waals surface area contributed by atoms with Gasteiger partial charge in [0.05, 0.1) is 5.75 Å². The van der Waals surface area contributed by atoms with Crippen molar-refractivity contribution in [2.24, 2.45) is 5.92 Å². The second kappa shape index (κ2) is 8.46. The number of hydrogen-bond acceptors (Lipinski definition) is 3. The molecule has 1 fully saturated rings. The highest BCUT2D eigenvalue weighted by Gasteiger charge is 2.19. The zero-order valence-electron chi connectivity index (χ0n) is 13.2. The number of hydrogen-bond donors (Lipinski definition) is 2. The highest BCUT2D eigenvalue weighted by molar-refractivity contribution is 7.89. The molecule has 4 nitrogen and oxygen atoms in total. The zero-order chi connectivity index (χ0) is 15.8. The summed E-state index contributed by atoms with van der Waals surface area (Å²) >= 11 is 0. The molecule has 0 saturated heterocycles. The van der Waals surface area contributed by atoms with Gasteiger partial charge in [-0.05, 0) is 31.2 Å². The monoisotopic (exact) mass is 322 g/mol. The molecule has 0 bridgehead atoms. The van der Waals surface area contributed by atoms with Gasteiger partial charge < -0.3 is 5.32 Å². The van der Waals surface area contributed by atoms with Crippen molar-refractivity contribution in [3.63, 3.8) is 0 Å². The van der Waals surface area contributed by atoms with Gasteiger partial charge in [0.1, 0.15) is 0 Å². The van der Waals surface area contributed by atoms with E-state index in [4.69, 9.17) is 0 Å². The third-order valence-electron chi connectivity index (χ3n) is 3.98. The van der Waals surface area contributed by atoms with E-state index in [1.807, 2.05) is 25.1 Å². The van der Waals surface area contributed by atoms with Gasteiger partial charge >= 0.3 is 0 Å². The number of benzene rings is 1. The van der Waals surface area contributed by atoms with Gasteiger partial charge in [0.15, 0.2) is 0 Å². The van der Waals surface area contributed by atoms with E-state index in [-0.39, 0.29) is 5.75 Å². The van der Waals surface area contributed by atoms with E-state index in [0.29, 0.717) is 25.6 Å². The third-order valence-corrected chi connectivity index (χ3v) is 5.33. The van der Waals surface area contributed by atoms with Crippen LogP contribution in [-0.4, -0.2) is 33.8 Å². The maximum absolute atomic E-state index is 11.8. The quantitative estimate of drug-likeness (QED) is 0.686. The topological polar surface area (TPSA) is 58.2 Å². The van der Waals surface area contributed by atoms with Crippen LogP contribution in [0.5, 0.6) is 0 Å². The molecule has 5 heteroatoms. The van der Waals surface area contributed by atoms with Crippen LogP contribution in [0.2, 0.25) is 0 Å². The highest BCUT2D eigenvalue weighted by Crippen LogP contribution is 2.25. The first-order chi connectivity index (χ1) is 10.6. The van der Waals surface area contributed by atoms with Crippen LogP contribution < -0.4 is 10.0 Å². The van der Waals surface area contributed by atoms with Gasteiger partial charge in [0.25, 0.3) is 0 Å². The van der Waals surface area contributed by atoms with Gasteiger partial charge in [-0.2, -0.15) is 0 Å². The largest absolute Gasteiger partial charge is 0.312 e. The van der Waals surface area contributed by atoms with Gasteiger partial charge in [-0.3, -0.25) is 0 Å². The Morgan fingerprint density at radius 1 is 1.27 bits per heavy atom. The molecule has 1 aliphatic rings. The fourth-order valence-corrected chi connectivity index (χ4v) is 3.44. The summed E-state index contributed by atoms with van der Waals surface area (Å²) in [6, 6.07) is 10.1. The first kappa shape index (κ1) is 17.2. The lowest BCUT2D eigenvalue weighted by Crippen LogP contribution is -2.36. The lowest BCUT2D eigenvalue weighted by Gasteiger charge is -2.25. The van der Waals surface area contributed by atoms with Crippen LogP contribution in [0, 0.1) is 5.92 Å². The minimum absolute atomic E-state index is 0.137. The number of sulfonamides is 1. The van der Waals surface area contributed by atoms with E-state index in [1.54, 1.807) is 0 Å². The van der Waals surface area contributed by atoms with Crippen LogP contribution in [0.3, 0.4) is 0 Å². The normalized spacial score (nSPS) is 16.5. The lowest BCUT2D eigenvalue weighted by atomic mass is 9.86. The fraction of sp³-hybridized carbons (Fsp3) is 0.529. The van der Waals surface area contributed by atoms with Crippen molar-refractivity contribution in [3.8, 4) is 0 Å². The Hall–Kier alpha value is -1.17. The summed E-state index contributed by atoms with van der Waals surface area (Å²) < 4.78 is 26.4. The van der Waals surface area contributed by atoms with Crippen LogP contribution in [0.4, 0.5) is 0 Å². The van der Waals surface area contributed by atoms with Gasteiger partial charge in [-0.15, -0.1) is 0 Å². The molecular formula is C17H26N2O2S. The molecule has 1 aliphatic carbocycles. The molecule has 1 saturated carbocycles. The van der Waals surface area contributed by atoms with Crippen molar-refractivity contribution in [2.75, 3.05) is 25.4 Å². The molecule has 0 aromatic heterocycles. The number of rotatable bonds is 9. The molecule has 0 radical (unpaired) electrons. The maximum atomic E-state index is 11.8. The van der Waals surface area contributed by atoms with Gasteiger partial charge in [-0.25, -0.2) is 13.1 Å². The molecule has 1 aromatic rings. The molecule has 2 rings (SSSR count). The Morgan fingerprint density at radius 3 is 2.64 bits per heavy atom. The van der Waals surface area contributed by atoms with E-state index < -0.39 is 10.0 Å². The molecule has 0 unspecified atom stereocenters. The highest BCUT2D eigenvalue weighted by atomic mass is 32.2. The van der Waals surface area contributed by atoms with Crippen LogP contribution in [0.15, 0.2) is 35.9 Å². The summed E-state index contributed by atoms with van der Waals surface area (Å²) in [5, 5.41) is 3.19. The summed E-state index contributed by atoms with van der Waals surface area (Å²) in [4.78, 5) is 0. The molecule has 122 valence electrons. The average Bonchev–Trinajstić information content (AvgIpc) is 2.43. The molecule has 0 aliphatic heterocycles. The molecule has 2 N–H and O–H groups in total. The molecule has 0 heterocycles. The molecule has 22 heavy (non-hydrogen) atoms. The van der Waals surface area contributed by atoms with Crippen LogP contribution in [-0.2, 0) is 10.0 Å². The van der Waals surface area contributed by atoms with Crippen molar-refractivity contribution < 1.29 is 8.42 Å². The summed E-state index contributed by atoms with van der Waals surface area (Å²) in [6.45, 7) is 3.83. The Labute approximate surface area is 134 Å². The average molecular weight is 322 g/mol. The fourth-order valence-electron chi connectivity index (χ4n) is 2.39. The SMILES string of the molecule is C/C(=C/c1ccccc1)CNCCS(=O)(=O)NCC1CCC1. The molecule has 1 aromatic carbocycles. The van der Waals surface area contributed by atoms with Crippen molar-refractivity contribution >= 4 is 16.1 Å². The van der Waals surface area contributed by atoms with Gasteiger partial charge in [-0.1, -0.05) is 48.4 Å². The summed E-state index contributed by atoms with van der Waals surface area (Å²) in [6.07, 6.45) is 5.66. The smallest absolute Gasteiger partial charge is 0.212 e. The van der Waals surface area contributed by atoms with Gasteiger partial charge in [0.2, 0.25) is 10.0 Å². The van der Waals surface area contributed by atoms with Gasteiger partial charge in [0, 0.05) is 19.6 Å². The van der Waals surface area contributed by atoms with Crippen LogP contribution >= 0.6 is 0 Å². The number of nitrogens with one attached hydrogen (secondary N) is 2. The first-order valence-electron chi connectivity index (χ1n) is 7.95. The molecule has 0 amide bonds. The van der Waals surface area contributed by atoms with Crippen molar-refractivity contribution in [3.05, 3.63) is 41.5 Å². The minimum atomic E-state index is -3.14. The van der Waals surface area contributed by atoms with E-state index in [2.05, 4.69) is 28.2 Å². The standard InChI is InChI=1S/C17H26N2O2S/c1-15(12-16-6-3-2-4-7-16)13-18-10-11-22(20,21)19-14-17-8-5-9-17/h2-4,6-7,12,17-19H,5,8-11,13-14H2,1H3/b15-12-. The second-order valence-electron chi connectivity index (χ2n) is 6.04. The van der Waals surface area contributed by atoms with E-state index >= 15 is 0 Å². The Morgan fingerprint density at radius 2 is 2.00 bits per heavy atom. The Balaban J connectivity index is 1.64. The van der Waals surface area contributed by atoms with E-state index in [9.17, 15) is 8.42 Å². The predicted molar refractivity (Wildman–Crippen MR) is 92.1 cm³/mol. The van der Waals surface area contributed by atoms with Crippen LogP contribution in [0.1, 0.15) is 31.7 Å². The summed E-state index contributed by atoms with van der Waals surface area (Å²) in [5.74, 6) is 0.692. The minimum Gasteiger partial charge on any atom is -0.312 e. The Bertz CT molecular complexity index is 578. The predicted octanol–water partition coefficient (Wildman–Crippen LogP) is 2.40. The van der Waals surface area contributed by atoms with Crippen molar-refractivity contribution in [2.45, 2.75) is 26.2 Å². The molecule has 0 atom stereocenters. The molecule has 0 spiro atoms. The molecular weight excluding hydrogens is 296 g/mol. The van der Waals surface area contributed by atoms with Crippen molar-refractivity contribution in [1.82, 2.24) is 10.0 Å². The van der Waals surface area contributed by atoms with Crippen LogP contribution in [0.25, 0.3) is 6.08 Å². The first-order valence-corrected chi connectivity index (χ1v) is 9.61. The third kappa shape index (κ3) is 6.30. The van der Waals surface area contributed by atoms with E-state index in [1.165, 1.54) is 12.0 Å². The second-order valence-corrected chi connectivity index (χ2v) is 7.97. The lowest BCUT2D eigenvalue weighted by molar-refractivity contribution is 0.316. The van der Waals surface area contributed by atoms with E-state index in [0.717, 1.165) is 18.4 Å². The Kier molecular flexibility index (Phi) is 6.61. The van der Waals surface area contributed by atoms with Crippen molar-refractivity contribution in [1.29, 1.82) is 0 Å². The zero-order valence-corrected chi connectivity index (χ0v) is 14.0. The maximum Gasteiger partial charge on any atom is 0.212 e. The summed E-state index contributed by atoms with van der Waals surface area (Å²) in [7, 11) is -3.14.